The summed E-state index contributed by atoms with van der Waals surface area (Å²) in [6, 6.07) is 8.80. The van der Waals surface area contributed by atoms with E-state index in [1.54, 1.807) is 0 Å². The number of nitrogens with zero attached hydrogens (tertiary/aromatic N) is 1. The fourth-order valence-electron chi connectivity index (χ4n) is 2.75. The van der Waals surface area contributed by atoms with Gasteiger partial charge in [-0.1, -0.05) is 24.6 Å². The third-order valence-corrected chi connectivity index (χ3v) is 4.94. The number of likely N-dealkylation sites (tertiary alicyclic amines) is 1. The maximum absolute atomic E-state index is 5.81. The molecule has 3 rings (SSSR count). The van der Waals surface area contributed by atoms with Crippen molar-refractivity contribution in [3.63, 3.8) is 0 Å². The van der Waals surface area contributed by atoms with Gasteiger partial charge in [0.1, 0.15) is 0 Å². The summed E-state index contributed by atoms with van der Waals surface area (Å²) in [5.74, 6) is 0. The van der Waals surface area contributed by atoms with E-state index in [4.69, 9.17) is 5.73 Å². The van der Waals surface area contributed by atoms with Gasteiger partial charge in [-0.25, -0.2) is 0 Å². The molecule has 1 aromatic carbocycles. The first kappa shape index (κ1) is 12.2. The smallest absolute Gasteiger partial charge is 0.0391 e. The summed E-state index contributed by atoms with van der Waals surface area (Å²) < 4.78 is 1.38. The summed E-state index contributed by atoms with van der Waals surface area (Å²) in [4.78, 5) is 4.06. The minimum Gasteiger partial charge on any atom is -0.326 e. The molecule has 0 aliphatic carbocycles. The largest absolute Gasteiger partial charge is 0.326 e. The standard InChI is InChI=1S/C15H20N2S/c16-10-13-6-4-5-12-9-14(18-15(12)13)11-17-7-2-1-3-8-17/h4-6,9H,1-3,7-8,10-11,16H2. The van der Waals surface area contributed by atoms with Gasteiger partial charge in [-0.3, -0.25) is 4.90 Å². The van der Waals surface area contributed by atoms with E-state index in [9.17, 15) is 0 Å². The highest BCUT2D eigenvalue weighted by Gasteiger charge is 2.12. The number of fused-ring (bicyclic) bond motifs is 1. The number of hydrogen-bond donors (Lipinski definition) is 1. The van der Waals surface area contributed by atoms with Crippen molar-refractivity contribution in [1.82, 2.24) is 4.90 Å². The van der Waals surface area contributed by atoms with E-state index in [0.717, 1.165) is 6.54 Å². The normalized spacial score (nSPS) is 17.4. The van der Waals surface area contributed by atoms with Crippen LogP contribution < -0.4 is 5.73 Å². The Morgan fingerprint density at radius 2 is 2.00 bits per heavy atom. The minimum atomic E-state index is 0.640. The molecule has 96 valence electrons. The SMILES string of the molecule is NCc1cccc2cc(CN3CCCCC3)sc12. The van der Waals surface area contributed by atoms with Gasteiger partial charge in [0, 0.05) is 22.7 Å². The lowest BCUT2D eigenvalue weighted by molar-refractivity contribution is 0.223. The summed E-state index contributed by atoms with van der Waals surface area (Å²) in [6.07, 6.45) is 4.12. The Hall–Kier alpha value is -0.900. The lowest BCUT2D eigenvalue weighted by Crippen LogP contribution is -2.28. The van der Waals surface area contributed by atoms with Crippen LogP contribution in [0.4, 0.5) is 0 Å². The molecule has 0 saturated carbocycles. The van der Waals surface area contributed by atoms with Crippen LogP contribution in [-0.4, -0.2) is 18.0 Å². The van der Waals surface area contributed by atoms with Gasteiger partial charge >= 0.3 is 0 Å². The van der Waals surface area contributed by atoms with Gasteiger partial charge in [0.2, 0.25) is 0 Å². The molecule has 0 radical (unpaired) electrons. The minimum absolute atomic E-state index is 0.640. The van der Waals surface area contributed by atoms with Gasteiger partial charge in [-0.2, -0.15) is 0 Å². The number of benzene rings is 1. The van der Waals surface area contributed by atoms with Crippen molar-refractivity contribution in [2.24, 2.45) is 5.73 Å². The fraction of sp³-hybridized carbons (Fsp3) is 0.467. The van der Waals surface area contributed by atoms with E-state index in [1.165, 1.54) is 52.9 Å². The van der Waals surface area contributed by atoms with Crippen molar-refractivity contribution < 1.29 is 0 Å². The average molecular weight is 260 g/mol. The Bertz CT molecular complexity index is 526. The molecule has 1 aliphatic heterocycles. The van der Waals surface area contributed by atoms with Gasteiger partial charge in [-0.05, 0) is 42.9 Å². The first-order valence-electron chi connectivity index (χ1n) is 6.79. The highest BCUT2D eigenvalue weighted by Crippen LogP contribution is 2.30. The fourth-order valence-corrected chi connectivity index (χ4v) is 3.98. The third kappa shape index (κ3) is 2.44. The van der Waals surface area contributed by atoms with Crippen molar-refractivity contribution in [2.45, 2.75) is 32.4 Å². The summed E-state index contributed by atoms with van der Waals surface area (Å²) in [7, 11) is 0. The van der Waals surface area contributed by atoms with E-state index in [1.807, 2.05) is 11.3 Å². The summed E-state index contributed by atoms with van der Waals surface area (Å²) in [5.41, 5.74) is 7.09. The third-order valence-electron chi connectivity index (χ3n) is 3.72. The van der Waals surface area contributed by atoms with Crippen LogP contribution in [0.25, 0.3) is 10.1 Å². The first-order chi connectivity index (χ1) is 8.86. The van der Waals surface area contributed by atoms with Gasteiger partial charge in [0.25, 0.3) is 0 Å². The van der Waals surface area contributed by atoms with E-state index in [2.05, 4.69) is 29.2 Å². The van der Waals surface area contributed by atoms with Gasteiger partial charge in [0.15, 0.2) is 0 Å². The highest BCUT2D eigenvalue weighted by atomic mass is 32.1. The quantitative estimate of drug-likeness (QED) is 0.917. The molecule has 0 unspecified atom stereocenters. The molecule has 2 aromatic rings. The zero-order chi connectivity index (χ0) is 12.4. The van der Waals surface area contributed by atoms with Crippen molar-refractivity contribution >= 4 is 21.4 Å². The molecule has 2 N–H and O–H groups in total. The molecule has 0 atom stereocenters. The zero-order valence-electron chi connectivity index (χ0n) is 10.7. The number of thiophene rings is 1. The second-order valence-electron chi connectivity index (χ2n) is 5.09. The molecule has 18 heavy (non-hydrogen) atoms. The van der Waals surface area contributed by atoms with E-state index in [0.29, 0.717) is 6.54 Å². The maximum atomic E-state index is 5.81. The molecule has 1 fully saturated rings. The van der Waals surface area contributed by atoms with E-state index >= 15 is 0 Å². The second kappa shape index (κ2) is 5.39. The van der Waals surface area contributed by atoms with Crippen LogP contribution in [-0.2, 0) is 13.1 Å². The predicted molar refractivity (Wildman–Crippen MR) is 78.8 cm³/mol. The first-order valence-corrected chi connectivity index (χ1v) is 7.61. The van der Waals surface area contributed by atoms with Crippen molar-refractivity contribution in [2.75, 3.05) is 13.1 Å². The lowest BCUT2D eigenvalue weighted by Gasteiger charge is -2.25. The Balaban J connectivity index is 1.84. The highest BCUT2D eigenvalue weighted by molar-refractivity contribution is 7.19. The number of nitrogens with two attached hydrogens (primary N) is 1. The molecule has 3 heteroatoms. The molecule has 1 aromatic heterocycles. The second-order valence-corrected chi connectivity index (χ2v) is 6.23. The van der Waals surface area contributed by atoms with E-state index < -0.39 is 0 Å². The van der Waals surface area contributed by atoms with Crippen LogP contribution in [0.1, 0.15) is 29.7 Å². The molecular weight excluding hydrogens is 240 g/mol. The van der Waals surface area contributed by atoms with Crippen LogP contribution >= 0.6 is 11.3 Å². The molecular formula is C15H20N2S. The van der Waals surface area contributed by atoms with Crippen LogP contribution in [0.15, 0.2) is 24.3 Å². The Morgan fingerprint density at radius 1 is 1.17 bits per heavy atom. The molecule has 0 spiro atoms. The number of piperidine rings is 1. The Labute approximate surface area is 112 Å². The van der Waals surface area contributed by atoms with Crippen LogP contribution in [0.2, 0.25) is 0 Å². The van der Waals surface area contributed by atoms with E-state index in [-0.39, 0.29) is 0 Å². The van der Waals surface area contributed by atoms with Gasteiger partial charge in [-0.15, -0.1) is 11.3 Å². The van der Waals surface area contributed by atoms with Crippen molar-refractivity contribution in [3.8, 4) is 0 Å². The monoisotopic (exact) mass is 260 g/mol. The van der Waals surface area contributed by atoms with Gasteiger partial charge in [0.05, 0.1) is 0 Å². The topological polar surface area (TPSA) is 29.3 Å². The van der Waals surface area contributed by atoms with Crippen LogP contribution in [0, 0.1) is 0 Å². The average Bonchev–Trinajstić information content (AvgIpc) is 2.82. The van der Waals surface area contributed by atoms with Crippen LogP contribution in [0.5, 0.6) is 0 Å². The lowest BCUT2D eigenvalue weighted by atomic mass is 10.1. The Morgan fingerprint density at radius 3 is 2.78 bits per heavy atom. The molecule has 2 heterocycles. The molecule has 0 amide bonds. The predicted octanol–water partition coefficient (Wildman–Crippen LogP) is 3.35. The number of rotatable bonds is 3. The number of hydrogen-bond acceptors (Lipinski definition) is 3. The maximum Gasteiger partial charge on any atom is 0.0391 e. The Kier molecular flexibility index (Phi) is 3.64. The zero-order valence-corrected chi connectivity index (χ0v) is 11.5. The van der Waals surface area contributed by atoms with Gasteiger partial charge < -0.3 is 5.73 Å². The molecule has 1 aliphatic rings. The van der Waals surface area contributed by atoms with Crippen LogP contribution in [0.3, 0.4) is 0 Å². The van der Waals surface area contributed by atoms with Crippen molar-refractivity contribution in [3.05, 3.63) is 34.7 Å². The summed E-state index contributed by atoms with van der Waals surface area (Å²) >= 11 is 1.92. The molecule has 1 saturated heterocycles. The summed E-state index contributed by atoms with van der Waals surface area (Å²) in [5, 5.41) is 1.36. The van der Waals surface area contributed by atoms with Crippen molar-refractivity contribution in [1.29, 1.82) is 0 Å². The summed E-state index contributed by atoms with van der Waals surface area (Å²) in [6.45, 7) is 4.28. The molecule has 0 bridgehead atoms. The molecule has 2 nitrogen and oxygen atoms in total.